The van der Waals surface area contributed by atoms with E-state index in [1.165, 1.54) is 0 Å². The second kappa shape index (κ2) is 5.16. The molecular formula is C13H14N2O. The molecule has 2 rings (SSSR count). The van der Waals surface area contributed by atoms with Gasteiger partial charge in [0.1, 0.15) is 6.61 Å². The molecule has 0 saturated heterocycles. The zero-order valence-corrected chi connectivity index (χ0v) is 9.18. The number of ether oxygens (including phenoxy) is 1. The Morgan fingerprint density at radius 3 is 2.56 bits per heavy atom. The number of nitrogens with one attached hydrogen (secondary N) is 1. The van der Waals surface area contributed by atoms with Gasteiger partial charge < -0.3 is 10.1 Å². The summed E-state index contributed by atoms with van der Waals surface area (Å²) >= 11 is 0. The van der Waals surface area contributed by atoms with E-state index in [0.29, 0.717) is 12.5 Å². The van der Waals surface area contributed by atoms with Crippen LogP contribution in [0.4, 0.5) is 5.69 Å². The molecule has 3 heteroatoms. The van der Waals surface area contributed by atoms with Crippen LogP contribution in [0.2, 0.25) is 0 Å². The van der Waals surface area contributed by atoms with Crippen molar-refractivity contribution in [3.8, 4) is 5.88 Å². The summed E-state index contributed by atoms with van der Waals surface area (Å²) in [6, 6.07) is 13.8. The summed E-state index contributed by atoms with van der Waals surface area (Å²) in [6.07, 6.45) is 1.72. The molecule has 0 aliphatic heterocycles. The highest BCUT2D eigenvalue weighted by Crippen LogP contribution is 2.11. The van der Waals surface area contributed by atoms with Gasteiger partial charge in [0.2, 0.25) is 5.88 Å². The van der Waals surface area contributed by atoms with Gasteiger partial charge in [0.25, 0.3) is 0 Å². The summed E-state index contributed by atoms with van der Waals surface area (Å²) in [6.45, 7) is 0.543. The second-order valence-corrected chi connectivity index (χ2v) is 3.40. The van der Waals surface area contributed by atoms with Gasteiger partial charge in [-0.15, -0.1) is 0 Å². The number of aromatic nitrogens is 1. The van der Waals surface area contributed by atoms with Gasteiger partial charge in [0, 0.05) is 25.0 Å². The first-order valence-electron chi connectivity index (χ1n) is 5.19. The molecule has 0 spiro atoms. The lowest BCUT2D eigenvalue weighted by atomic mass is 10.2. The minimum Gasteiger partial charge on any atom is -0.473 e. The molecule has 0 aliphatic rings. The van der Waals surface area contributed by atoms with Gasteiger partial charge in [-0.05, 0) is 23.8 Å². The average Bonchev–Trinajstić information content (AvgIpc) is 2.38. The van der Waals surface area contributed by atoms with Crippen molar-refractivity contribution >= 4 is 5.69 Å². The van der Waals surface area contributed by atoms with E-state index in [-0.39, 0.29) is 0 Å². The molecule has 82 valence electrons. The van der Waals surface area contributed by atoms with Crippen LogP contribution < -0.4 is 10.1 Å². The van der Waals surface area contributed by atoms with E-state index in [4.69, 9.17) is 4.74 Å². The maximum absolute atomic E-state index is 5.53. The van der Waals surface area contributed by atoms with Crippen LogP contribution in [0, 0.1) is 0 Å². The fourth-order valence-corrected chi connectivity index (χ4v) is 1.36. The Morgan fingerprint density at radius 1 is 1.12 bits per heavy atom. The Bertz CT molecular complexity index is 425. The average molecular weight is 214 g/mol. The highest BCUT2D eigenvalue weighted by Gasteiger charge is 1.96. The maximum atomic E-state index is 5.53. The van der Waals surface area contributed by atoms with Gasteiger partial charge in [-0.3, -0.25) is 0 Å². The summed E-state index contributed by atoms with van der Waals surface area (Å²) in [7, 11) is 1.90. The highest BCUT2D eigenvalue weighted by molar-refractivity contribution is 5.43. The van der Waals surface area contributed by atoms with Crippen LogP contribution in [-0.4, -0.2) is 12.0 Å². The van der Waals surface area contributed by atoms with Crippen LogP contribution in [0.25, 0.3) is 0 Å². The first kappa shape index (κ1) is 10.5. The summed E-state index contributed by atoms with van der Waals surface area (Å²) < 4.78 is 5.53. The van der Waals surface area contributed by atoms with Gasteiger partial charge in [0.15, 0.2) is 0 Å². The van der Waals surface area contributed by atoms with Crippen molar-refractivity contribution in [2.75, 3.05) is 12.4 Å². The number of anilines is 1. The first-order chi connectivity index (χ1) is 7.88. The van der Waals surface area contributed by atoms with Gasteiger partial charge >= 0.3 is 0 Å². The topological polar surface area (TPSA) is 34.1 Å². The van der Waals surface area contributed by atoms with Crippen LogP contribution in [0.5, 0.6) is 5.88 Å². The van der Waals surface area contributed by atoms with Gasteiger partial charge in [-0.2, -0.15) is 0 Å². The molecule has 2 aromatic rings. The highest BCUT2D eigenvalue weighted by atomic mass is 16.5. The number of pyridine rings is 1. The van der Waals surface area contributed by atoms with Crippen molar-refractivity contribution in [3.63, 3.8) is 0 Å². The molecule has 0 unspecified atom stereocenters. The lowest BCUT2D eigenvalue weighted by Gasteiger charge is -2.05. The quantitative estimate of drug-likeness (QED) is 0.849. The summed E-state index contributed by atoms with van der Waals surface area (Å²) in [4.78, 5) is 4.09. The normalized spacial score (nSPS) is 9.81. The van der Waals surface area contributed by atoms with E-state index in [1.54, 1.807) is 6.20 Å². The Morgan fingerprint density at radius 2 is 1.94 bits per heavy atom. The molecule has 0 radical (unpaired) electrons. The largest absolute Gasteiger partial charge is 0.473 e. The van der Waals surface area contributed by atoms with E-state index < -0.39 is 0 Å². The Balaban J connectivity index is 1.94. The summed E-state index contributed by atoms with van der Waals surface area (Å²) in [5.41, 5.74) is 2.23. The van der Waals surface area contributed by atoms with E-state index in [1.807, 2.05) is 49.5 Å². The zero-order chi connectivity index (χ0) is 11.2. The molecule has 1 aromatic heterocycles. The van der Waals surface area contributed by atoms with Crippen molar-refractivity contribution in [1.82, 2.24) is 4.98 Å². The molecule has 1 heterocycles. The van der Waals surface area contributed by atoms with E-state index in [0.717, 1.165) is 11.3 Å². The number of benzene rings is 1. The molecule has 1 aromatic carbocycles. The van der Waals surface area contributed by atoms with E-state index in [2.05, 4.69) is 10.3 Å². The molecule has 3 nitrogen and oxygen atoms in total. The van der Waals surface area contributed by atoms with Crippen LogP contribution in [-0.2, 0) is 6.61 Å². The van der Waals surface area contributed by atoms with E-state index in [9.17, 15) is 0 Å². The minimum atomic E-state index is 0.543. The number of hydrogen-bond donors (Lipinski definition) is 1. The number of hydrogen-bond acceptors (Lipinski definition) is 3. The minimum absolute atomic E-state index is 0.543. The summed E-state index contributed by atoms with van der Waals surface area (Å²) in [5, 5.41) is 3.07. The van der Waals surface area contributed by atoms with Gasteiger partial charge in [-0.1, -0.05) is 18.2 Å². The molecular weight excluding hydrogens is 200 g/mol. The first-order valence-corrected chi connectivity index (χ1v) is 5.19. The smallest absolute Gasteiger partial charge is 0.213 e. The Hall–Kier alpha value is -2.03. The SMILES string of the molecule is CNc1ccc(COc2ccccn2)cc1. The van der Waals surface area contributed by atoms with Crippen molar-refractivity contribution < 1.29 is 4.74 Å². The van der Waals surface area contributed by atoms with E-state index >= 15 is 0 Å². The molecule has 0 aliphatic carbocycles. The maximum Gasteiger partial charge on any atom is 0.213 e. The predicted molar refractivity (Wildman–Crippen MR) is 64.6 cm³/mol. The number of nitrogens with zero attached hydrogens (tertiary/aromatic N) is 1. The third-order valence-corrected chi connectivity index (χ3v) is 2.27. The van der Waals surface area contributed by atoms with Crippen molar-refractivity contribution in [3.05, 3.63) is 54.2 Å². The van der Waals surface area contributed by atoms with Crippen LogP contribution in [0.1, 0.15) is 5.56 Å². The van der Waals surface area contributed by atoms with Crippen molar-refractivity contribution in [2.45, 2.75) is 6.61 Å². The zero-order valence-electron chi connectivity index (χ0n) is 9.18. The lowest BCUT2D eigenvalue weighted by Crippen LogP contribution is -1.97. The molecule has 1 N–H and O–H groups in total. The molecule has 0 amide bonds. The molecule has 0 saturated carbocycles. The van der Waals surface area contributed by atoms with Gasteiger partial charge in [-0.25, -0.2) is 4.98 Å². The standard InChI is InChI=1S/C13H14N2O/c1-14-12-7-5-11(6-8-12)10-16-13-4-2-3-9-15-13/h2-9,14H,10H2,1H3. The Labute approximate surface area is 95.1 Å². The fourth-order valence-electron chi connectivity index (χ4n) is 1.36. The number of rotatable bonds is 4. The van der Waals surface area contributed by atoms with Crippen LogP contribution >= 0.6 is 0 Å². The summed E-state index contributed by atoms with van der Waals surface area (Å²) in [5.74, 6) is 0.653. The third-order valence-electron chi connectivity index (χ3n) is 2.27. The Kier molecular flexibility index (Phi) is 3.38. The molecule has 16 heavy (non-hydrogen) atoms. The fraction of sp³-hybridized carbons (Fsp3) is 0.154. The lowest BCUT2D eigenvalue weighted by molar-refractivity contribution is 0.294. The van der Waals surface area contributed by atoms with Crippen LogP contribution in [0.3, 0.4) is 0 Å². The second-order valence-electron chi connectivity index (χ2n) is 3.40. The molecule has 0 fully saturated rings. The predicted octanol–water partition coefficient (Wildman–Crippen LogP) is 2.70. The third kappa shape index (κ3) is 2.73. The van der Waals surface area contributed by atoms with Crippen molar-refractivity contribution in [1.29, 1.82) is 0 Å². The van der Waals surface area contributed by atoms with Gasteiger partial charge in [0.05, 0.1) is 0 Å². The molecule has 0 bridgehead atoms. The van der Waals surface area contributed by atoms with Crippen LogP contribution in [0.15, 0.2) is 48.7 Å². The molecule has 0 atom stereocenters. The monoisotopic (exact) mass is 214 g/mol. The van der Waals surface area contributed by atoms with Crippen molar-refractivity contribution in [2.24, 2.45) is 0 Å².